The van der Waals surface area contributed by atoms with E-state index in [0.717, 1.165) is 18.3 Å². The largest absolute Gasteiger partial charge is 0.416 e. The van der Waals surface area contributed by atoms with Crippen molar-refractivity contribution in [3.63, 3.8) is 0 Å². The van der Waals surface area contributed by atoms with E-state index in [9.17, 15) is 22.4 Å². The summed E-state index contributed by atoms with van der Waals surface area (Å²) in [6.07, 6.45) is -2.16. The third kappa shape index (κ3) is 5.67. The van der Waals surface area contributed by atoms with Crippen molar-refractivity contribution in [1.29, 1.82) is 0 Å². The van der Waals surface area contributed by atoms with E-state index in [1.54, 1.807) is 4.90 Å². The summed E-state index contributed by atoms with van der Waals surface area (Å²) in [5.74, 6) is -1.21. The molecule has 0 unspecified atom stereocenters. The molecule has 3 aromatic rings. The van der Waals surface area contributed by atoms with Gasteiger partial charge in [-0.2, -0.15) is 18.2 Å². The number of rotatable bonds is 6. The van der Waals surface area contributed by atoms with Crippen molar-refractivity contribution in [3.8, 4) is 0 Å². The Morgan fingerprint density at radius 3 is 2.59 bits per heavy atom. The molecule has 9 nitrogen and oxygen atoms in total. The molecule has 1 amide bonds. The highest BCUT2D eigenvalue weighted by Gasteiger charge is 2.30. The average molecular weight is 477 g/mol. The van der Waals surface area contributed by atoms with Crippen LogP contribution in [0.2, 0.25) is 0 Å². The zero-order valence-electron chi connectivity index (χ0n) is 17.6. The summed E-state index contributed by atoms with van der Waals surface area (Å²) in [4.78, 5) is 26.1. The van der Waals surface area contributed by atoms with Gasteiger partial charge in [0.15, 0.2) is 11.6 Å². The molecular formula is C21H19F4N7O2. The summed E-state index contributed by atoms with van der Waals surface area (Å²) in [6.45, 7) is 1.82. The number of nitrogens with one attached hydrogen (secondary N) is 3. The minimum atomic E-state index is -4.48. The van der Waals surface area contributed by atoms with E-state index < -0.39 is 23.5 Å². The minimum Gasteiger partial charge on any atom is -0.378 e. The van der Waals surface area contributed by atoms with Crippen LogP contribution in [0.1, 0.15) is 16.1 Å². The van der Waals surface area contributed by atoms with Gasteiger partial charge in [0.05, 0.1) is 25.0 Å². The van der Waals surface area contributed by atoms with Crippen molar-refractivity contribution in [3.05, 3.63) is 65.9 Å². The van der Waals surface area contributed by atoms with E-state index in [1.807, 2.05) is 0 Å². The number of benzene rings is 1. The number of nitrogens with zero attached hydrogens (tertiary/aromatic N) is 4. The van der Waals surface area contributed by atoms with Crippen molar-refractivity contribution in [2.24, 2.45) is 0 Å². The molecule has 3 N–H and O–H groups in total. The number of amides is 1. The molecular weight excluding hydrogens is 458 g/mol. The Bertz CT molecular complexity index is 1170. The number of pyridine rings is 1. The molecule has 178 valence electrons. The summed E-state index contributed by atoms with van der Waals surface area (Å²) in [7, 11) is 0. The maximum Gasteiger partial charge on any atom is 0.416 e. The second-order valence-electron chi connectivity index (χ2n) is 7.18. The predicted octanol–water partition coefficient (Wildman–Crippen LogP) is 3.37. The van der Waals surface area contributed by atoms with Crippen LogP contribution in [0, 0.1) is 5.82 Å². The zero-order chi connectivity index (χ0) is 24.1. The summed E-state index contributed by atoms with van der Waals surface area (Å²) >= 11 is 0. The predicted molar refractivity (Wildman–Crippen MR) is 115 cm³/mol. The Morgan fingerprint density at radius 2 is 1.82 bits per heavy atom. The number of hydrazine groups is 1. The summed E-state index contributed by atoms with van der Waals surface area (Å²) in [5.41, 5.74) is 4.60. The molecule has 0 saturated carbocycles. The Morgan fingerprint density at radius 1 is 1.06 bits per heavy atom. The number of morpholine rings is 1. The van der Waals surface area contributed by atoms with E-state index in [4.69, 9.17) is 4.74 Å². The molecule has 0 bridgehead atoms. The number of carbonyl (C=O) groups is 1. The zero-order valence-corrected chi connectivity index (χ0v) is 17.6. The van der Waals surface area contributed by atoms with Crippen LogP contribution in [-0.4, -0.2) is 47.2 Å². The number of carbonyl (C=O) groups excluding carboxylic acids is 1. The van der Waals surface area contributed by atoms with E-state index in [-0.39, 0.29) is 23.1 Å². The maximum atomic E-state index is 14.1. The normalized spacial score (nSPS) is 13.9. The van der Waals surface area contributed by atoms with E-state index >= 15 is 0 Å². The van der Waals surface area contributed by atoms with E-state index in [0.29, 0.717) is 32.0 Å². The van der Waals surface area contributed by atoms with Gasteiger partial charge in [0.1, 0.15) is 5.69 Å². The first kappa shape index (κ1) is 23.2. The van der Waals surface area contributed by atoms with Crippen molar-refractivity contribution in [2.75, 3.05) is 41.9 Å². The second-order valence-corrected chi connectivity index (χ2v) is 7.18. The van der Waals surface area contributed by atoms with E-state index in [2.05, 4.69) is 31.1 Å². The maximum absolute atomic E-state index is 14.1. The highest BCUT2D eigenvalue weighted by molar-refractivity contribution is 5.93. The molecule has 0 radical (unpaired) electrons. The molecule has 0 atom stereocenters. The van der Waals surface area contributed by atoms with Gasteiger partial charge in [0.25, 0.3) is 5.91 Å². The van der Waals surface area contributed by atoms with Gasteiger partial charge in [0, 0.05) is 30.7 Å². The average Bonchev–Trinajstić information content (AvgIpc) is 2.84. The fraction of sp³-hybridized carbons (Fsp3) is 0.238. The Hall–Kier alpha value is -4.00. The number of hydrogen-bond acceptors (Lipinski definition) is 8. The third-order valence-corrected chi connectivity index (χ3v) is 4.80. The van der Waals surface area contributed by atoms with Gasteiger partial charge < -0.3 is 15.0 Å². The van der Waals surface area contributed by atoms with Gasteiger partial charge in [-0.1, -0.05) is 6.07 Å². The van der Waals surface area contributed by atoms with Crippen LogP contribution < -0.4 is 21.1 Å². The van der Waals surface area contributed by atoms with Crippen molar-refractivity contribution in [2.45, 2.75) is 6.18 Å². The quantitative estimate of drug-likeness (QED) is 0.367. The topological polar surface area (TPSA) is 104 Å². The summed E-state index contributed by atoms with van der Waals surface area (Å²) in [6, 6.07) is 7.53. The molecule has 13 heteroatoms. The monoisotopic (exact) mass is 477 g/mol. The van der Waals surface area contributed by atoms with Crippen LogP contribution in [-0.2, 0) is 10.9 Å². The molecule has 34 heavy (non-hydrogen) atoms. The van der Waals surface area contributed by atoms with Gasteiger partial charge in [-0.3, -0.25) is 20.6 Å². The van der Waals surface area contributed by atoms with Gasteiger partial charge in [0.2, 0.25) is 5.95 Å². The minimum absolute atomic E-state index is 0.0278. The standard InChI is InChI=1S/C21H19F4N7O2/c22-16-12-27-20(29-18(16)32-6-8-34-9-7-32)31-30-19(33)17-11-15(4-5-26-17)28-14-3-1-2-13(10-14)21(23,24)25/h1-5,10-12H,6-9H2,(H,26,28)(H,30,33)(H,27,29,31). The lowest BCUT2D eigenvalue weighted by atomic mass is 10.2. The number of alkyl halides is 3. The lowest BCUT2D eigenvalue weighted by Gasteiger charge is -2.28. The van der Waals surface area contributed by atoms with Gasteiger partial charge in [-0.05, 0) is 30.3 Å². The van der Waals surface area contributed by atoms with Gasteiger partial charge in [-0.25, -0.2) is 9.37 Å². The fourth-order valence-corrected chi connectivity index (χ4v) is 3.16. The molecule has 1 aliphatic heterocycles. The molecule has 4 rings (SSSR count). The fourth-order valence-electron chi connectivity index (χ4n) is 3.16. The molecule has 1 aromatic carbocycles. The molecule has 2 aromatic heterocycles. The number of aromatic nitrogens is 3. The van der Waals surface area contributed by atoms with Crippen LogP contribution in [0.3, 0.4) is 0 Å². The van der Waals surface area contributed by atoms with Crippen molar-refractivity contribution < 1.29 is 27.1 Å². The van der Waals surface area contributed by atoms with Crippen LogP contribution >= 0.6 is 0 Å². The van der Waals surface area contributed by atoms with Crippen LogP contribution in [0.5, 0.6) is 0 Å². The highest BCUT2D eigenvalue weighted by atomic mass is 19.4. The van der Waals surface area contributed by atoms with Gasteiger partial charge >= 0.3 is 6.18 Å². The molecule has 0 spiro atoms. The van der Waals surface area contributed by atoms with Crippen LogP contribution in [0.4, 0.5) is 40.7 Å². The SMILES string of the molecule is O=C(NNc1ncc(F)c(N2CCOCC2)n1)c1cc(Nc2cccc(C(F)(F)F)c2)ccn1. The Kier molecular flexibility index (Phi) is 6.72. The smallest absolute Gasteiger partial charge is 0.378 e. The first-order valence-electron chi connectivity index (χ1n) is 10.1. The van der Waals surface area contributed by atoms with Crippen molar-refractivity contribution in [1.82, 2.24) is 20.4 Å². The number of anilines is 4. The molecule has 1 fully saturated rings. The van der Waals surface area contributed by atoms with Gasteiger partial charge in [-0.15, -0.1) is 0 Å². The Balaban J connectivity index is 1.41. The number of ether oxygens (including phenoxy) is 1. The number of halogens is 4. The van der Waals surface area contributed by atoms with Crippen molar-refractivity contribution >= 4 is 29.0 Å². The third-order valence-electron chi connectivity index (χ3n) is 4.80. The van der Waals surface area contributed by atoms with Crippen LogP contribution in [0.15, 0.2) is 48.8 Å². The molecule has 1 aliphatic rings. The summed E-state index contributed by atoms with van der Waals surface area (Å²) < 4.78 is 58.1. The second kappa shape index (κ2) is 9.87. The lowest BCUT2D eigenvalue weighted by Crippen LogP contribution is -2.38. The molecule has 3 heterocycles. The molecule has 0 aliphatic carbocycles. The van der Waals surface area contributed by atoms with E-state index in [1.165, 1.54) is 30.5 Å². The first-order chi connectivity index (χ1) is 16.3. The highest BCUT2D eigenvalue weighted by Crippen LogP contribution is 2.31. The lowest BCUT2D eigenvalue weighted by molar-refractivity contribution is -0.137. The van der Waals surface area contributed by atoms with Crippen LogP contribution in [0.25, 0.3) is 0 Å². The first-order valence-corrected chi connectivity index (χ1v) is 10.1. The Labute approximate surface area is 191 Å². The number of hydrogen-bond donors (Lipinski definition) is 3. The summed E-state index contributed by atoms with van der Waals surface area (Å²) in [5, 5.41) is 2.81. The molecule has 1 saturated heterocycles.